The van der Waals surface area contributed by atoms with Crippen molar-refractivity contribution in [1.82, 2.24) is 15.2 Å². The zero-order chi connectivity index (χ0) is 20.0. The summed E-state index contributed by atoms with van der Waals surface area (Å²) in [6.07, 6.45) is 3.95. The summed E-state index contributed by atoms with van der Waals surface area (Å²) in [6, 6.07) is 8.39. The molecule has 0 atom stereocenters. The number of carboxylic acid groups (broad SMARTS) is 1. The van der Waals surface area contributed by atoms with E-state index in [0.29, 0.717) is 6.54 Å². The predicted octanol–water partition coefficient (Wildman–Crippen LogP) is 2.30. The minimum Gasteiger partial charge on any atom is -0.483 e. The van der Waals surface area contributed by atoms with Gasteiger partial charge in [-0.05, 0) is 25.3 Å². The summed E-state index contributed by atoms with van der Waals surface area (Å²) in [5.41, 5.74) is 2.34. The minimum absolute atomic E-state index is 0.00134. The lowest BCUT2D eigenvalue weighted by Gasteiger charge is -2.43. The molecule has 2 aliphatic heterocycles. The fraction of sp³-hybridized carbons (Fsp3) is 0.450. The number of piperidine rings is 1. The molecule has 2 aliphatic rings. The van der Waals surface area contributed by atoms with Gasteiger partial charge in [0.05, 0.1) is 5.60 Å². The van der Waals surface area contributed by atoms with E-state index in [4.69, 9.17) is 14.6 Å². The Balaban J connectivity index is 0.000000706. The minimum atomic E-state index is -0.250. The molecular weight excluding hydrogens is 378 g/mol. The van der Waals surface area contributed by atoms with E-state index in [2.05, 4.69) is 46.4 Å². The van der Waals surface area contributed by atoms with Crippen molar-refractivity contribution < 1.29 is 19.4 Å². The third-order valence-electron chi connectivity index (χ3n) is 5.19. The lowest BCUT2D eigenvalue weighted by molar-refractivity contribution is -0.150. The van der Waals surface area contributed by atoms with Crippen LogP contribution < -0.4 is 5.32 Å². The van der Waals surface area contributed by atoms with Crippen molar-refractivity contribution in [2.75, 3.05) is 26.2 Å². The van der Waals surface area contributed by atoms with Crippen LogP contribution in [0, 0.1) is 6.92 Å². The third kappa shape index (κ3) is 4.95. The van der Waals surface area contributed by atoms with E-state index in [1.54, 1.807) is 11.3 Å². The maximum atomic E-state index is 11.3. The summed E-state index contributed by atoms with van der Waals surface area (Å²) >= 11 is 1.78. The highest BCUT2D eigenvalue weighted by molar-refractivity contribution is 7.15. The van der Waals surface area contributed by atoms with Crippen molar-refractivity contribution in [2.45, 2.75) is 31.9 Å². The first-order valence-electron chi connectivity index (χ1n) is 9.27. The summed E-state index contributed by atoms with van der Waals surface area (Å²) in [5, 5.41) is 10.9. The Morgan fingerprint density at radius 1 is 1.36 bits per heavy atom. The molecule has 150 valence electrons. The number of thiazole rings is 1. The molecule has 0 saturated carbocycles. The van der Waals surface area contributed by atoms with Gasteiger partial charge in [0.15, 0.2) is 0 Å². The number of nitrogens with one attached hydrogen (secondary N) is 1. The molecule has 0 aliphatic carbocycles. The summed E-state index contributed by atoms with van der Waals surface area (Å²) in [6.45, 7) is 5.66. The molecule has 1 spiro atoms. The van der Waals surface area contributed by atoms with Crippen LogP contribution in [0.1, 0.15) is 23.3 Å². The fourth-order valence-corrected chi connectivity index (χ4v) is 4.60. The first kappa shape index (κ1) is 20.4. The number of aromatic nitrogens is 1. The number of carbonyl (C=O) groups is 2. The normalized spacial score (nSPS) is 18.8. The van der Waals surface area contributed by atoms with Crippen molar-refractivity contribution in [3.63, 3.8) is 0 Å². The van der Waals surface area contributed by atoms with Gasteiger partial charge in [-0.15, -0.1) is 11.3 Å². The molecule has 1 aromatic heterocycles. The van der Waals surface area contributed by atoms with E-state index >= 15 is 0 Å². The number of amides is 1. The number of carbonyl (C=O) groups excluding carboxylic acids is 1. The molecule has 0 unspecified atom stereocenters. The number of rotatable bonds is 3. The summed E-state index contributed by atoms with van der Waals surface area (Å²) in [7, 11) is 0. The molecule has 2 aromatic rings. The Bertz CT molecular complexity index is 803. The van der Waals surface area contributed by atoms with Gasteiger partial charge in [0, 0.05) is 42.8 Å². The van der Waals surface area contributed by atoms with Crippen LogP contribution in [0.5, 0.6) is 0 Å². The Morgan fingerprint density at radius 2 is 2.07 bits per heavy atom. The van der Waals surface area contributed by atoms with Gasteiger partial charge in [-0.2, -0.15) is 0 Å². The van der Waals surface area contributed by atoms with E-state index in [-0.39, 0.29) is 24.6 Å². The summed E-state index contributed by atoms with van der Waals surface area (Å²) in [5.74, 6) is 0.00134. The Labute approximate surface area is 168 Å². The quantitative estimate of drug-likeness (QED) is 0.764. The zero-order valence-corrected chi connectivity index (χ0v) is 16.7. The molecule has 4 rings (SSSR count). The molecule has 0 bridgehead atoms. The van der Waals surface area contributed by atoms with Crippen LogP contribution in [0.4, 0.5) is 0 Å². The lowest BCUT2D eigenvalue weighted by Crippen LogP contribution is -2.57. The van der Waals surface area contributed by atoms with Gasteiger partial charge in [-0.25, -0.2) is 4.98 Å². The summed E-state index contributed by atoms with van der Waals surface area (Å²) < 4.78 is 5.84. The van der Waals surface area contributed by atoms with Crippen LogP contribution in [0.25, 0.3) is 10.6 Å². The first-order valence-corrected chi connectivity index (χ1v) is 10.1. The number of benzene rings is 1. The Kier molecular flexibility index (Phi) is 6.77. The van der Waals surface area contributed by atoms with Gasteiger partial charge in [-0.1, -0.05) is 24.3 Å². The van der Waals surface area contributed by atoms with Crippen LogP contribution in [0.2, 0.25) is 0 Å². The number of ether oxygens (including phenoxy) is 1. The molecule has 0 radical (unpaired) electrons. The Hall–Kier alpha value is -2.29. The van der Waals surface area contributed by atoms with Crippen LogP contribution in [-0.2, 0) is 20.9 Å². The summed E-state index contributed by atoms with van der Waals surface area (Å²) in [4.78, 5) is 28.0. The second-order valence-corrected chi connectivity index (χ2v) is 8.19. The molecule has 8 heteroatoms. The molecule has 2 saturated heterocycles. The van der Waals surface area contributed by atoms with Crippen molar-refractivity contribution in [3.8, 4) is 10.6 Å². The lowest BCUT2D eigenvalue weighted by atomic mass is 9.90. The molecule has 3 heterocycles. The molecule has 28 heavy (non-hydrogen) atoms. The van der Waals surface area contributed by atoms with Crippen LogP contribution in [-0.4, -0.2) is 59.2 Å². The van der Waals surface area contributed by atoms with Crippen LogP contribution in [0.15, 0.2) is 30.5 Å². The van der Waals surface area contributed by atoms with Crippen molar-refractivity contribution in [2.24, 2.45) is 0 Å². The van der Waals surface area contributed by atoms with E-state index in [0.717, 1.165) is 37.5 Å². The van der Waals surface area contributed by atoms with Gasteiger partial charge in [0.25, 0.3) is 6.47 Å². The average molecular weight is 404 g/mol. The zero-order valence-electron chi connectivity index (χ0n) is 15.9. The molecule has 2 N–H and O–H groups in total. The highest BCUT2D eigenvalue weighted by atomic mass is 32.1. The fourth-order valence-electron chi connectivity index (χ4n) is 3.56. The number of morpholine rings is 1. The topological polar surface area (TPSA) is 91.8 Å². The first-order chi connectivity index (χ1) is 13.5. The average Bonchev–Trinajstić information content (AvgIpc) is 3.15. The SMILES string of the molecule is Cc1ccccc1-c1ncc(CN2CCC3(CC2)CNC(=O)CO3)s1.O=CO. The second-order valence-electron chi connectivity index (χ2n) is 7.08. The largest absolute Gasteiger partial charge is 0.483 e. The van der Waals surface area contributed by atoms with Gasteiger partial charge in [-0.3, -0.25) is 14.5 Å². The highest BCUT2D eigenvalue weighted by Crippen LogP contribution is 2.31. The maximum Gasteiger partial charge on any atom is 0.290 e. The molecule has 1 aromatic carbocycles. The second kappa shape index (κ2) is 9.27. The Morgan fingerprint density at radius 3 is 2.71 bits per heavy atom. The van der Waals surface area contributed by atoms with Gasteiger partial charge in [0.1, 0.15) is 11.6 Å². The molecule has 7 nitrogen and oxygen atoms in total. The van der Waals surface area contributed by atoms with E-state index in [1.165, 1.54) is 16.0 Å². The predicted molar refractivity (Wildman–Crippen MR) is 107 cm³/mol. The van der Waals surface area contributed by atoms with Crippen molar-refractivity contribution >= 4 is 23.7 Å². The standard InChI is InChI=1S/C19H23N3O2S.CH2O2/c1-14-4-2-3-5-16(14)18-20-10-15(25-18)11-22-8-6-19(7-9-22)13-21-17(23)12-24-19;2-1-3/h2-5,10H,6-9,11-13H2,1H3,(H,21,23);1H,(H,2,3). The van der Waals surface area contributed by atoms with Crippen LogP contribution in [0.3, 0.4) is 0 Å². The van der Waals surface area contributed by atoms with Gasteiger partial charge >= 0.3 is 0 Å². The monoisotopic (exact) mass is 403 g/mol. The number of nitrogens with zero attached hydrogens (tertiary/aromatic N) is 2. The highest BCUT2D eigenvalue weighted by Gasteiger charge is 2.38. The van der Waals surface area contributed by atoms with Crippen molar-refractivity contribution in [1.29, 1.82) is 0 Å². The number of hydrogen-bond donors (Lipinski definition) is 2. The molecule has 2 fully saturated rings. The number of aryl methyl sites for hydroxylation is 1. The van der Waals surface area contributed by atoms with Gasteiger partial charge < -0.3 is 15.2 Å². The number of likely N-dealkylation sites (tertiary alicyclic amines) is 1. The van der Waals surface area contributed by atoms with Crippen LogP contribution >= 0.6 is 11.3 Å². The smallest absolute Gasteiger partial charge is 0.290 e. The van der Waals surface area contributed by atoms with E-state index in [1.807, 2.05) is 6.20 Å². The van der Waals surface area contributed by atoms with Gasteiger partial charge in [0.2, 0.25) is 5.91 Å². The van der Waals surface area contributed by atoms with E-state index < -0.39 is 0 Å². The third-order valence-corrected chi connectivity index (χ3v) is 6.21. The van der Waals surface area contributed by atoms with Crippen molar-refractivity contribution in [3.05, 3.63) is 40.9 Å². The maximum absolute atomic E-state index is 11.3. The molecule has 1 amide bonds. The number of hydrogen-bond acceptors (Lipinski definition) is 6. The molecular formula is C20H25N3O4S. The van der Waals surface area contributed by atoms with E-state index in [9.17, 15) is 4.79 Å².